The molecule has 2 atom stereocenters. The highest BCUT2D eigenvalue weighted by molar-refractivity contribution is 7.08. The van der Waals surface area contributed by atoms with Gasteiger partial charge in [-0.1, -0.05) is 0 Å². The zero-order valence-electron chi connectivity index (χ0n) is 16.9. The smallest absolute Gasteiger partial charge is 0.255 e. The minimum absolute atomic E-state index is 0.00378. The molecule has 2 saturated heterocycles. The summed E-state index contributed by atoms with van der Waals surface area (Å²) in [4.78, 5) is 34.3. The van der Waals surface area contributed by atoms with E-state index >= 15 is 0 Å². The molecule has 2 amide bonds. The van der Waals surface area contributed by atoms with Gasteiger partial charge in [-0.25, -0.2) is 0 Å². The molecule has 0 bridgehead atoms. The number of carbonyl (C=O) groups is 2. The van der Waals surface area contributed by atoms with Crippen molar-refractivity contribution in [3.8, 4) is 0 Å². The Labute approximate surface area is 175 Å². The Morgan fingerprint density at radius 3 is 2.76 bits per heavy atom. The van der Waals surface area contributed by atoms with Gasteiger partial charge in [0.25, 0.3) is 11.8 Å². The molecule has 1 N–H and O–H groups in total. The van der Waals surface area contributed by atoms with E-state index in [0.717, 1.165) is 24.1 Å². The van der Waals surface area contributed by atoms with Crippen LogP contribution in [0.4, 0.5) is 0 Å². The zero-order chi connectivity index (χ0) is 20.6. The van der Waals surface area contributed by atoms with Gasteiger partial charge in [0.1, 0.15) is 0 Å². The second-order valence-electron chi connectivity index (χ2n) is 8.28. The average molecular weight is 414 g/mol. The Morgan fingerprint density at radius 1 is 1.24 bits per heavy atom. The van der Waals surface area contributed by atoms with E-state index in [2.05, 4.69) is 4.98 Å². The summed E-state index contributed by atoms with van der Waals surface area (Å²) in [5.74, 6) is -0.0587. The van der Waals surface area contributed by atoms with Crippen molar-refractivity contribution in [2.45, 2.75) is 39.2 Å². The second kappa shape index (κ2) is 7.88. The van der Waals surface area contributed by atoms with Crippen LogP contribution in [0, 0.1) is 19.3 Å². The standard InChI is InChI=1S/C22H27N3O3S/c1-15-10-18(11-23-16(15)2)20(27)24-8-6-22(14-26)5-3-7-25(19(22)12-24)21(28)17-4-9-29-13-17/h4,9-11,13,19,26H,3,5-8,12,14H2,1-2H3/t19-,22-/m0/s1. The predicted molar refractivity (Wildman–Crippen MR) is 112 cm³/mol. The van der Waals surface area contributed by atoms with Crippen LogP contribution in [0.2, 0.25) is 0 Å². The number of rotatable bonds is 3. The van der Waals surface area contributed by atoms with Crippen LogP contribution in [0.15, 0.2) is 29.1 Å². The molecule has 2 aliphatic rings. The van der Waals surface area contributed by atoms with Crippen LogP contribution >= 0.6 is 11.3 Å². The number of hydrogen-bond acceptors (Lipinski definition) is 5. The van der Waals surface area contributed by atoms with Crippen molar-refractivity contribution in [1.29, 1.82) is 0 Å². The van der Waals surface area contributed by atoms with Gasteiger partial charge in [0.05, 0.1) is 23.8 Å². The largest absolute Gasteiger partial charge is 0.396 e. The molecule has 29 heavy (non-hydrogen) atoms. The van der Waals surface area contributed by atoms with E-state index in [1.807, 2.05) is 46.5 Å². The molecule has 0 spiro atoms. The summed E-state index contributed by atoms with van der Waals surface area (Å²) in [6.07, 6.45) is 4.09. The van der Waals surface area contributed by atoms with E-state index in [4.69, 9.17) is 0 Å². The van der Waals surface area contributed by atoms with Gasteiger partial charge < -0.3 is 14.9 Å². The number of nitrogens with zero attached hydrogens (tertiary/aromatic N) is 3. The number of aliphatic hydroxyl groups is 1. The molecule has 4 heterocycles. The number of carbonyl (C=O) groups excluding carboxylic acids is 2. The molecule has 154 valence electrons. The Hall–Kier alpha value is -2.25. The van der Waals surface area contributed by atoms with Crippen LogP contribution in [0.3, 0.4) is 0 Å². The molecule has 7 heteroatoms. The third kappa shape index (κ3) is 3.57. The number of fused-ring (bicyclic) bond motifs is 1. The van der Waals surface area contributed by atoms with Crippen LogP contribution in [0.1, 0.15) is 51.2 Å². The molecule has 6 nitrogen and oxygen atoms in total. The number of aryl methyl sites for hydroxylation is 2. The fourth-order valence-electron chi connectivity index (χ4n) is 4.68. The first-order valence-corrected chi connectivity index (χ1v) is 11.1. The summed E-state index contributed by atoms with van der Waals surface area (Å²) in [6, 6.07) is 3.55. The first-order valence-electron chi connectivity index (χ1n) is 10.1. The number of aliphatic hydroxyl groups excluding tert-OH is 1. The van der Waals surface area contributed by atoms with E-state index in [0.29, 0.717) is 37.2 Å². The average Bonchev–Trinajstić information content (AvgIpc) is 3.28. The van der Waals surface area contributed by atoms with Gasteiger partial charge in [0, 0.05) is 42.3 Å². The summed E-state index contributed by atoms with van der Waals surface area (Å²) in [6.45, 7) is 5.61. The molecule has 0 aliphatic carbocycles. The van der Waals surface area contributed by atoms with Gasteiger partial charge in [0.15, 0.2) is 0 Å². The molecular weight excluding hydrogens is 386 g/mol. The summed E-state index contributed by atoms with van der Waals surface area (Å²) < 4.78 is 0. The third-order valence-corrected chi connectivity index (χ3v) is 7.33. The SMILES string of the molecule is Cc1cc(C(=O)N2CC[C@]3(CO)CCCN(C(=O)c4ccsc4)[C@H]3C2)cnc1C. The number of pyridine rings is 1. The molecule has 2 fully saturated rings. The number of likely N-dealkylation sites (tertiary alicyclic amines) is 2. The Bertz CT molecular complexity index is 914. The van der Waals surface area contributed by atoms with E-state index in [-0.39, 0.29) is 29.9 Å². The van der Waals surface area contributed by atoms with Gasteiger partial charge >= 0.3 is 0 Å². The van der Waals surface area contributed by atoms with Crippen molar-refractivity contribution in [2.75, 3.05) is 26.2 Å². The maximum absolute atomic E-state index is 13.2. The highest BCUT2D eigenvalue weighted by Gasteiger charge is 2.49. The maximum atomic E-state index is 13.2. The van der Waals surface area contributed by atoms with E-state index in [1.165, 1.54) is 11.3 Å². The number of hydrogen-bond donors (Lipinski definition) is 1. The summed E-state index contributed by atoms with van der Waals surface area (Å²) in [5, 5.41) is 14.0. The fourth-order valence-corrected chi connectivity index (χ4v) is 5.31. The normalized spacial score (nSPS) is 24.3. The highest BCUT2D eigenvalue weighted by Crippen LogP contribution is 2.43. The zero-order valence-corrected chi connectivity index (χ0v) is 17.7. The quantitative estimate of drug-likeness (QED) is 0.840. The lowest BCUT2D eigenvalue weighted by Crippen LogP contribution is -2.64. The molecule has 4 rings (SSSR count). The molecule has 0 unspecified atom stereocenters. The number of amides is 2. The second-order valence-corrected chi connectivity index (χ2v) is 9.06. The van der Waals surface area contributed by atoms with Crippen molar-refractivity contribution in [2.24, 2.45) is 5.41 Å². The lowest BCUT2D eigenvalue weighted by Gasteiger charge is -2.54. The topological polar surface area (TPSA) is 73.7 Å². The highest BCUT2D eigenvalue weighted by atomic mass is 32.1. The first kappa shape index (κ1) is 20.0. The van der Waals surface area contributed by atoms with Crippen molar-refractivity contribution < 1.29 is 14.7 Å². The molecule has 0 radical (unpaired) electrons. The summed E-state index contributed by atoms with van der Waals surface area (Å²) in [5.41, 5.74) is 2.84. The Balaban J connectivity index is 1.61. The first-order chi connectivity index (χ1) is 13.9. The van der Waals surface area contributed by atoms with Crippen LogP contribution < -0.4 is 0 Å². The van der Waals surface area contributed by atoms with Crippen molar-refractivity contribution in [3.63, 3.8) is 0 Å². The lowest BCUT2D eigenvalue weighted by molar-refractivity contribution is -0.0579. The minimum atomic E-state index is -0.331. The van der Waals surface area contributed by atoms with Gasteiger partial charge in [-0.3, -0.25) is 14.6 Å². The van der Waals surface area contributed by atoms with E-state index < -0.39 is 0 Å². The number of aromatic nitrogens is 1. The molecule has 0 aromatic carbocycles. The van der Waals surface area contributed by atoms with Crippen LogP contribution in [0.5, 0.6) is 0 Å². The van der Waals surface area contributed by atoms with Gasteiger partial charge in [0.2, 0.25) is 0 Å². The van der Waals surface area contributed by atoms with Crippen molar-refractivity contribution >= 4 is 23.2 Å². The Kier molecular flexibility index (Phi) is 5.44. The molecule has 2 aliphatic heterocycles. The predicted octanol–water partition coefficient (Wildman–Crippen LogP) is 2.89. The van der Waals surface area contributed by atoms with Crippen LogP contribution in [0.25, 0.3) is 0 Å². The summed E-state index contributed by atoms with van der Waals surface area (Å²) in [7, 11) is 0. The van der Waals surface area contributed by atoms with Crippen LogP contribution in [-0.4, -0.2) is 64.0 Å². The number of piperidine rings is 2. The van der Waals surface area contributed by atoms with Gasteiger partial charge in [-0.15, -0.1) is 0 Å². The molecule has 2 aromatic rings. The van der Waals surface area contributed by atoms with Crippen LogP contribution in [-0.2, 0) is 0 Å². The van der Waals surface area contributed by atoms with Crippen molar-refractivity contribution in [1.82, 2.24) is 14.8 Å². The molecular formula is C22H27N3O3S. The summed E-state index contributed by atoms with van der Waals surface area (Å²) >= 11 is 1.50. The number of thiophene rings is 1. The van der Waals surface area contributed by atoms with Gasteiger partial charge in [-0.2, -0.15) is 11.3 Å². The fraction of sp³-hybridized carbons (Fsp3) is 0.500. The Morgan fingerprint density at radius 2 is 2.07 bits per heavy atom. The van der Waals surface area contributed by atoms with E-state index in [1.54, 1.807) is 6.20 Å². The third-order valence-electron chi connectivity index (χ3n) is 6.65. The van der Waals surface area contributed by atoms with Gasteiger partial charge in [-0.05, 0) is 56.2 Å². The monoisotopic (exact) mass is 413 g/mol. The van der Waals surface area contributed by atoms with Crippen molar-refractivity contribution in [3.05, 3.63) is 51.5 Å². The molecule has 2 aromatic heterocycles. The molecule has 0 saturated carbocycles. The minimum Gasteiger partial charge on any atom is -0.396 e. The maximum Gasteiger partial charge on any atom is 0.255 e. The van der Waals surface area contributed by atoms with E-state index in [9.17, 15) is 14.7 Å². The lowest BCUT2D eigenvalue weighted by atomic mass is 9.68.